The van der Waals surface area contributed by atoms with Crippen LogP contribution >= 0.6 is 24.0 Å². The van der Waals surface area contributed by atoms with Crippen LogP contribution in [0.3, 0.4) is 0 Å². The van der Waals surface area contributed by atoms with Crippen molar-refractivity contribution in [2.24, 2.45) is 4.99 Å². The summed E-state index contributed by atoms with van der Waals surface area (Å²) in [4.78, 5) is 15.9. The molecule has 144 valence electrons. The largest absolute Gasteiger partial charge is 0.356 e. The lowest BCUT2D eigenvalue weighted by molar-refractivity contribution is -0.121. The van der Waals surface area contributed by atoms with E-state index in [2.05, 4.69) is 46.0 Å². The molecule has 1 rings (SSSR count). The lowest BCUT2D eigenvalue weighted by atomic mass is 10.2. The quantitative estimate of drug-likeness (QED) is 0.226. The van der Waals surface area contributed by atoms with E-state index in [1.807, 2.05) is 18.5 Å². The summed E-state index contributed by atoms with van der Waals surface area (Å²) in [6.45, 7) is 10.4. The number of hydrogen-bond donors (Lipinski definition) is 3. The van der Waals surface area contributed by atoms with Gasteiger partial charge in [0.25, 0.3) is 0 Å². The first-order chi connectivity index (χ1) is 11.5. The maximum absolute atomic E-state index is 11.7. The molecule has 0 aliphatic heterocycles. The summed E-state index contributed by atoms with van der Waals surface area (Å²) in [5, 5.41) is 13.8. The number of carbonyl (C=O) groups is 1. The average molecular weight is 464 g/mol. The van der Waals surface area contributed by atoms with Crippen LogP contribution in [-0.2, 0) is 11.3 Å². The second-order valence-corrected chi connectivity index (χ2v) is 6.06. The van der Waals surface area contributed by atoms with Crippen molar-refractivity contribution in [2.75, 3.05) is 20.1 Å². The van der Waals surface area contributed by atoms with Gasteiger partial charge in [0.1, 0.15) is 0 Å². The summed E-state index contributed by atoms with van der Waals surface area (Å²) < 4.78 is 2.02. The molecule has 8 heteroatoms. The second-order valence-electron chi connectivity index (χ2n) is 6.06. The minimum absolute atomic E-state index is 0. The van der Waals surface area contributed by atoms with Crippen molar-refractivity contribution in [3.63, 3.8) is 0 Å². The van der Waals surface area contributed by atoms with Crippen LogP contribution in [0.25, 0.3) is 0 Å². The van der Waals surface area contributed by atoms with Crippen LogP contribution in [0.5, 0.6) is 0 Å². The Morgan fingerprint density at radius 1 is 1.32 bits per heavy atom. The fraction of sp³-hybridized carbons (Fsp3) is 0.706. The third-order valence-corrected chi connectivity index (χ3v) is 3.83. The predicted molar refractivity (Wildman–Crippen MR) is 114 cm³/mol. The molecule has 0 saturated heterocycles. The fourth-order valence-corrected chi connectivity index (χ4v) is 2.30. The zero-order valence-corrected chi connectivity index (χ0v) is 18.4. The highest BCUT2D eigenvalue weighted by Gasteiger charge is 2.06. The summed E-state index contributed by atoms with van der Waals surface area (Å²) in [6.07, 6.45) is 2.34. The van der Waals surface area contributed by atoms with Gasteiger partial charge in [-0.2, -0.15) is 5.10 Å². The van der Waals surface area contributed by atoms with Crippen molar-refractivity contribution >= 4 is 35.8 Å². The molecule has 0 radical (unpaired) electrons. The summed E-state index contributed by atoms with van der Waals surface area (Å²) in [5.41, 5.74) is 2.23. The van der Waals surface area contributed by atoms with Gasteiger partial charge in [-0.1, -0.05) is 6.92 Å². The van der Waals surface area contributed by atoms with E-state index in [1.54, 1.807) is 7.05 Å². The third kappa shape index (κ3) is 9.66. The number of halogens is 1. The number of nitrogens with zero attached hydrogens (tertiary/aromatic N) is 3. The van der Waals surface area contributed by atoms with Gasteiger partial charge in [0.05, 0.1) is 5.69 Å². The van der Waals surface area contributed by atoms with Crippen LogP contribution in [-0.4, -0.2) is 47.8 Å². The van der Waals surface area contributed by atoms with Crippen LogP contribution in [0.1, 0.15) is 44.5 Å². The molecule has 0 fully saturated rings. The van der Waals surface area contributed by atoms with Crippen LogP contribution in [0, 0.1) is 13.8 Å². The molecule has 1 aromatic rings. The van der Waals surface area contributed by atoms with Crippen molar-refractivity contribution in [3.05, 3.63) is 17.5 Å². The Labute approximate surface area is 168 Å². The predicted octanol–water partition coefficient (Wildman–Crippen LogP) is 1.98. The monoisotopic (exact) mass is 464 g/mol. The Bertz CT molecular complexity index is 543. The molecule has 1 heterocycles. The molecule has 0 aromatic carbocycles. The molecule has 1 aromatic heterocycles. The van der Waals surface area contributed by atoms with Gasteiger partial charge >= 0.3 is 0 Å². The molecule has 7 nitrogen and oxygen atoms in total. The van der Waals surface area contributed by atoms with Crippen molar-refractivity contribution in [3.8, 4) is 0 Å². The fourth-order valence-electron chi connectivity index (χ4n) is 2.30. The van der Waals surface area contributed by atoms with E-state index >= 15 is 0 Å². The average Bonchev–Trinajstić information content (AvgIpc) is 2.87. The molecule has 1 atom stereocenters. The van der Waals surface area contributed by atoms with Crippen molar-refractivity contribution in [2.45, 2.75) is 59.5 Å². The number of aromatic nitrogens is 2. The first kappa shape index (κ1) is 23.7. The Morgan fingerprint density at radius 2 is 2.00 bits per heavy atom. The maximum Gasteiger partial charge on any atom is 0.221 e. The third-order valence-electron chi connectivity index (χ3n) is 3.83. The van der Waals surface area contributed by atoms with Gasteiger partial charge in [0.2, 0.25) is 5.91 Å². The topological polar surface area (TPSA) is 83.3 Å². The minimum atomic E-state index is 0. The van der Waals surface area contributed by atoms with Gasteiger partial charge in [0.15, 0.2) is 5.96 Å². The molecule has 3 N–H and O–H groups in total. The number of rotatable bonds is 9. The number of hydrogen-bond acceptors (Lipinski definition) is 3. The van der Waals surface area contributed by atoms with E-state index < -0.39 is 0 Å². The molecule has 0 bridgehead atoms. The van der Waals surface area contributed by atoms with Gasteiger partial charge in [0, 0.05) is 44.8 Å². The van der Waals surface area contributed by atoms with Crippen LogP contribution in [0.2, 0.25) is 0 Å². The Kier molecular flexibility index (Phi) is 12.3. The number of nitrogens with one attached hydrogen (secondary N) is 3. The zero-order valence-electron chi connectivity index (χ0n) is 16.1. The molecule has 1 unspecified atom stereocenters. The summed E-state index contributed by atoms with van der Waals surface area (Å²) in [6, 6.07) is 2.31. The molecule has 25 heavy (non-hydrogen) atoms. The lowest BCUT2D eigenvalue weighted by Gasteiger charge is -2.14. The van der Waals surface area contributed by atoms with Crippen molar-refractivity contribution in [1.29, 1.82) is 0 Å². The number of aliphatic imine (C=N–C) groups is 1. The van der Waals surface area contributed by atoms with Gasteiger partial charge in [-0.3, -0.25) is 14.5 Å². The van der Waals surface area contributed by atoms with Crippen molar-refractivity contribution < 1.29 is 4.79 Å². The molecule has 0 aliphatic carbocycles. The summed E-state index contributed by atoms with van der Waals surface area (Å²) in [5.74, 6) is 0.788. The van der Waals surface area contributed by atoms with E-state index in [4.69, 9.17) is 0 Å². The first-order valence-electron chi connectivity index (χ1n) is 8.71. The van der Waals surface area contributed by atoms with Crippen molar-refractivity contribution in [1.82, 2.24) is 25.7 Å². The summed E-state index contributed by atoms with van der Waals surface area (Å²) >= 11 is 0. The SMILES string of the molecule is CCC(C)NC(=O)CCNC(=NC)NCCCn1nc(C)cc1C.I. The second kappa shape index (κ2) is 13.0. The maximum atomic E-state index is 11.7. The lowest BCUT2D eigenvalue weighted by Crippen LogP contribution is -2.40. The molecule has 0 spiro atoms. The van der Waals surface area contributed by atoms with Crippen LogP contribution in [0.15, 0.2) is 11.1 Å². The number of guanidine groups is 1. The van der Waals surface area contributed by atoms with Crippen LogP contribution < -0.4 is 16.0 Å². The molecule has 1 amide bonds. The van der Waals surface area contributed by atoms with E-state index in [0.29, 0.717) is 13.0 Å². The number of aryl methyl sites for hydroxylation is 3. The molecule has 0 aliphatic rings. The standard InChI is InChI=1S/C17H32N6O.HI/c1-6-13(2)21-16(24)8-10-20-17(18-5)19-9-7-11-23-15(4)12-14(3)22-23;/h12-13H,6-11H2,1-5H3,(H,21,24)(H2,18,19,20);1H. The number of carbonyl (C=O) groups excluding carboxylic acids is 1. The van der Waals surface area contributed by atoms with E-state index in [1.165, 1.54) is 5.69 Å². The first-order valence-corrected chi connectivity index (χ1v) is 8.71. The zero-order chi connectivity index (χ0) is 17.9. The smallest absolute Gasteiger partial charge is 0.221 e. The Hall–Kier alpha value is -1.32. The molecular formula is C17H33IN6O. The minimum Gasteiger partial charge on any atom is -0.356 e. The van der Waals surface area contributed by atoms with Gasteiger partial charge in [-0.05, 0) is 39.7 Å². The van der Waals surface area contributed by atoms with Gasteiger partial charge < -0.3 is 16.0 Å². The van der Waals surface area contributed by atoms with E-state index in [9.17, 15) is 4.79 Å². The summed E-state index contributed by atoms with van der Waals surface area (Å²) in [7, 11) is 1.73. The molecule has 0 saturated carbocycles. The van der Waals surface area contributed by atoms with E-state index in [-0.39, 0.29) is 35.9 Å². The van der Waals surface area contributed by atoms with E-state index in [0.717, 1.165) is 37.6 Å². The Balaban J connectivity index is 0.00000576. The normalized spacial score (nSPS) is 12.3. The Morgan fingerprint density at radius 3 is 2.56 bits per heavy atom. The molecular weight excluding hydrogens is 431 g/mol. The number of amides is 1. The highest BCUT2D eigenvalue weighted by Crippen LogP contribution is 2.02. The highest BCUT2D eigenvalue weighted by atomic mass is 127. The highest BCUT2D eigenvalue weighted by molar-refractivity contribution is 14.0. The van der Waals surface area contributed by atoms with Gasteiger partial charge in [-0.15, -0.1) is 24.0 Å². The van der Waals surface area contributed by atoms with Crippen LogP contribution in [0.4, 0.5) is 0 Å². The van der Waals surface area contributed by atoms with Gasteiger partial charge in [-0.25, -0.2) is 0 Å².